The summed E-state index contributed by atoms with van der Waals surface area (Å²) in [6.07, 6.45) is 2.28. The zero-order valence-corrected chi connectivity index (χ0v) is 16.1. The van der Waals surface area contributed by atoms with Gasteiger partial charge in [0.1, 0.15) is 0 Å². The van der Waals surface area contributed by atoms with Gasteiger partial charge < -0.3 is 19.5 Å². The van der Waals surface area contributed by atoms with Crippen LogP contribution in [0.25, 0.3) is 0 Å². The number of ether oxygens (including phenoxy) is 3. The van der Waals surface area contributed by atoms with Crippen molar-refractivity contribution >= 4 is 0 Å². The number of nitrogens with one attached hydrogen (secondary N) is 1. The van der Waals surface area contributed by atoms with Crippen molar-refractivity contribution in [1.29, 1.82) is 0 Å². The van der Waals surface area contributed by atoms with Crippen LogP contribution in [0.2, 0.25) is 0 Å². The third kappa shape index (κ3) is 45.0. The highest BCUT2D eigenvalue weighted by molar-refractivity contribution is 4.42. The SMILES string of the molecule is CC.CC.CC.CCOCCOCCOCCCCNC. The number of hydrogen-bond acceptors (Lipinski definition) is 4. The maximum Gasteiger partial charge on any atom is 0.0701 e. The molecule has 0 bridgehead atoms. The molecule has 0 saturated carbocycles. The van der Waals surface area contributed by atoms with Gasteiger partial charge in [0.15, 0.2) is 0 Å². The predicted molar refractivity (Wildman–Crippen MR) is 95.3 cm³/mol. The van der Waals surface area contributed by atoms with E-state index < -0.39 is 0 Å². The molecule has 0 aliphatic rings. The molecule has 0 aliphatic carbocycles. The fourth-order valence-corrected chi connectivity index (χ4v) is 1.09. The van der Waals surface area contributed by atoms with Crippen molar-refractivity contribution in [3.63, 3.8) is 0 Å². The van der Waals surface area contributed by atoms with E-state index in [2.05, 4.69) is 5.32 Å². The Kier molecular flexibility index (Phi) is 58.8. The lowest BCUT2D eigenvalue weighted by Gasteiger charge is -2.05. The van der Waals surface area contributed by atoms with Crippen LogP contribution in [-0.2, 0) is 14.2 Å². The molecule has 21 heavy (non-hydrogen) atoms. The Balaban J connectivity index is -0.000000212. The molecule has 0 atom stereocenters. The second-order valence-electron chi connectivity index (χ2n) is 3.23. The van der Waals surface area contributed by atoms with E-state index in [1.165, 1.54) is 6.42 Å². The number of rotatable bonds is 12. The molecular weight excluding hydrogens is 266 g/mol. The molecule has 1 N–H and O–H groups in total. The van der Waals surface area contributed by atoms with Crippen LogP contribution < -0.4 is 5.32 Å². The van der Waals surface area contributed by atoms with Crippen LogP contribution in [0.3, 0.4) is 0 Å². The molecule has 4 nitrogen and oxygen atoms in total. The zero-order valence-electron chi connectivity index (χ0n) is 16.1. The minimum atomic E-state index is 0.664. The van der Waals surface area contributed by atoms with Gasteiger partial charge in [-0.05, 0) is 33.4 Å². The molecule has 0 unspecified atom stereocenters. The molecule has 4 heteroatoms. The minimum absolute atomic E-state index is 0.664. The summed E-state index contributed by atoms with van der Waals surface area (Å²) in [5, 5.41) is 3.10. The first-order valence-corrected chi connectivity index (χ1v) is 8.79. The Morgan fingerprint density at radius 1 is 0.619 bits per heavy atom. The van der Waals surface area contributed by atoms with Gasteiger partial charge in [-0.25, -0.2) is 0 Å². The summed E-state index contributed by atoms with van der Waals surface area (Å²) in [5.74, 6) is 0. The van der Waals surface area contributed by atoms with Gasteiger partial charge in [0.05, 0.1) is 26.4 Å². The summed E-state index contributed by atoms with van der Waals surface area (Å²) in [4.78, 5) is 0. The van der Waals surface area contributed by atoms with Crippen LogP contribution >= 0.6 is 0 Å². The first-order chi connectivity index (χ1) is 10.4. The molecule has 0 rings (SSSR count). The Bertz CT molecular complexity index is 102. The number of hydrogen-bond donors (Lipinski definition) is 1. The summed E-state index contributed by atoms with van der Waals surface area (Å²) in [6.45, 7) is 19.3. The molecular formula is C17H43NO3. The quantitative estimate of drug-likeness (QED) is 0.550. The van der Waals surface area contributed by atoms with Gasteiger partial charge in [-0.15, -0.1) is 0 Å². The Morgan fingerprint density at radius 2 is 1.05 bits per heavy atom. The van der Waals surface area contributed by atoms with Crippen LogP contribution in [0.1, 0.15) is 61.3 Å². The third-order valence-corrected chi connectivity index (χ3v) is 1.91. The highest BCUT2D eigenvalue weighted by Gasteiger charge is 1.91. The molecule has 0 heterocycles. The summed E-state index contributed by atoms with van der Waals surface area (Å²) in [5.41, 5.74) is 0. The molecule has 0 radical (unpaired) electrons. The Labute approximate surface area is 134 Å². The Morgan fingerprint density at radius 3 is 1.48 bits per heavy atom. The lowest BCUT2D eigenvalue weighted by Crippen LogP contribution is -2.11. The van der Waals surface area contributed by atoms with Crippen molar-refractivity contribution in [2.24, 2.45) is 0 Å². The van der Waals surface area contributed by atoms with Crippen LogP contribution in [0, 0.1) is 0 Å². The zero-order chi connectivity index (χ0) is 17.2. The van der Waals surface area contributed by atoms with Gasteiger partial charge in [0, 0.05) is 13.2 Å². The van der Waals surface area contributed by atoms with Crippen molar-refractivity contribution in [2.75, 3.05) is 53.2 Å². The molecule has 0 amide bonds. The van der Waals surface area contributed by atoms with E-state index in [4.69, 9.17) is 14.2 Å². The van der Waals surface area contributed by atoms with E-state index in [9.17, 15) is 0 Å². The molecule has 0 aromatic rings. The summed E-state index contributed by atoms with van der Waals surface area (Å²) >= 11 is 0. The molecule has 0 spiro atoms. The fraction of sp³-hybridized carbons (Fsp3) is 1.00. The van der Waals surface area contributed by atoms with Gasteiger partial charge in [0.2, 0.25) is 0 Å². The maximum atomic E-state index is 5.39. The summed E-state index contributed by atoms with van der Waals surface area (Å²) < 4.78 is 15.8. The van der Waals surface area contributed by atoms with E-state index in [0.29, 0.717) is 26.4 Å². The first-order valence-electron chi connectivity index (χ1n) is 8.79. The van der Waals surface area contributed by atoms with E-state index in [1.807, 2.05) is 55.5 Å². The predicted octanol–water partition coefficient (Wildman–Crippen LogP) is 4.13. The lowest BCUT2D eigenvalue weighted by molar-refractivity contribution is 0.0163. The van der Waals surface area contributed by atoms with Crippen LogP contribution in [0.15, 0.2) is 0 Å². The van der Waals surface area contributed by atoms with Crippen molar-refractivity contribution in [3.05, 3.63) is 0 Å². The van der Waals surface area contributed by atoms with Gasteiger partial charge in [-0.3, -0.25) is 0 Å². The topological polar surface area (TPSA) is 39.7 Å². The van der Waals surface area contributed by atoms with Crippen LogP contribution in [0.5, 0.6) is 0 Å². The van der Waals surface area contributed by atoms with E-state index >= 15 is 0 Å². The average molecular weight is 310 g/mol. The summed E-state index contributed by atoms with van der Waals surface area (Å²) in [7, 11) is 1.97. The van der Waals surface area contributed by atoms with E-state index in [0.717, 1.165) is 26.2 Å². The van der Waals surface area contributed by atoms with Crippen LogP contribution in [0.4, 0.5) is 0 Å². The fourth-order valence-electron chi connectivity index (χ4n) is 1.09. The second kappa shape index (κ2) is 42.7. The first kappa shape index (κ1) is 28.9. The molecule has 0 aromatic heterocycles. The van der Waals surface area contributed by atoms with Gasteiger partial charge in [-0.2, -0.15) is 0 Å². The molecule has 0 aliphatic heterocycles. The van der Waals surface area contributed by atoms with Crippen molar-refractivity contribution in [1.82, 2.24) is 5.32 Å². The number of unbranched alkanes of at least 4 members (excludes halogenated alkanes) is 1. The van der Waals surface area contributed by atoms with Crippen molar-refractivity contribution in [2.45, 2.75) is 61.3 Å². The van der Waals surface area contributed by atoms with E-state index in [-0.39, 0.29) is 0 Å². The van der Waals surface area contributed by atoms with Gasteiger partial charge in [-0.1, -0.05) is 41.5 Å². The monoisotopic (exact) mass is 309 g/mol. The third-order valence-electron chi connectivity index (χ3n) is 1.91. The molecule has 0 saturated heterocycles. The van der Waals surface area contributed by atoms with Crippen molar-refractivity contribution in [3.8, 4) is 0 Å². The van der Waals surface area contributed by atoms with Gasteiger partial charge in [0.25, 0.3) is 0 Å². The Hall–Kier alpha value is -0.160. The highest BCUT2D eigenvalue weighted by atomic mass is 16.5. The minimum Gasteiger partial charge on any atom is -0.379 e. The second-order valence-corrected chi connectivity index (χ2v) is 3.23. The molecule has 134 valence electrons. The largest absolute Gasteiger partial charge is 0.379 e. The van der Waals surface area contributed by atoms with Crippen LogP contribution in [-0.4, -0.2) is 53.2 Å². The highest BCUT2D eigenvalue weighted by Crippen LogP contribution is 1.88. The average Bonchev–Trinajstić information content (AvgIpc) is 2.58. The molecule has 0 fully saturated rings. The van der Waals surface area contributed by atoms with E-state index in [1.54, 1.807) is 0 Å². The lowest BCUT2D eigenvalue weighted by atomic mass is 10.3. The molecule has 0 aromatic carbocycles. The van der Waals surface area contributed by atoms with Crippen molar-refractivity contribution < 1.29 is 14.2 Å². The summed E-state index contributed by atoms with van der Waals surface area (Å²) in [6, 6.07) is 0. The standard InChI is InChI=1S/C11H25NO3.3C2H6/c1-3-13-8-9-15-11-10-14-7-5-4-6-12-2;3*1-2/h12H,3-11H2,1-2H3;3*1-2H3. The van der Waals surface area contributed by atoms with Gasteiger partial charge >= 0.3 is 0 Å². The smallest absolute Gasteiger partial charge is 0.0701 e. The normalized spacial score (nSPS) is 8.57. The maximum absolute atomic E-state index is 5.39.